The number of carbonyl (C=O) groups is 2. The minimum atomic E-state index is -0.237. The topological polar surface area (TPSA) is 74.3 Å². The van der Waals surface area contributed by atoms with E-state index in [0.29, 0.717) is 18.9 Å². The van der Waals surface area contributed by atoms with Gasteiger partial charge in [-0.2, -0.15) is 0 Å². The van der Waals surface area contributed by atoms with Crippen molar-refractivity contribution in [1.82, 2.24) is 20.5 Å². The van der Waals surface area contributed by atoms with Gasteiger partial charge in [0.05, 0.1) is 12.1 Å². The van der Waals surface area contributed by atoms with Crippen LogP contribution < -0.4 is 10.6 Å². The van der Waals surface area contributed by atoms with E-state index in [4.69, 9.17) is 0 Å². The number of aromatic nitrogens is 1. The summed E-state index contributed by atoms with van der Waals surface area (Å²) in [6.45, 7) is 5.57. The molecule has 0 radical (unpaired) electrons. The van der Waals surface area contributed by atoms with Crippen LogP contribution in [0.3, 0.4) is 0 Å². The predicted molar refractivity (Wildman–Crippen MR) is 98.0 cm³/mol. The van der Waals surface area contributed by atoms with E-state index in [-0.39, 0.29) is 23.9 Å². The minimum Gasteiger partial charge on any atom is -0.358 e. The van der Waals surface area contributed by atoms with Gasteiger partial charge in [0.1, 0.15) is 0 Å². The van der Waals surface area contributed by atoms with Crippen molar-refractivity contribution in [3.8, 4) is 0 Å². The summed E-state index contributed by atoms with van der Waals surface area (Å²) in [7, 11) is 1.66. The van der Waals surface area contributed by atoms with E-state index in [1.807, 2.05) is 18.2 Å². The molecular formula is C19H30N4O2. The second-order valence-corrected chi connectivity index (χ2v) is 7.02. The van der Waals surface area contributed by atoms with Gasteiger partial charge < -0.3 is 10.6 Å². The summed E-state index contributed by atoms with van der Waals surface area (Å²) < 4.78 is 0. The Hall–Kier alpha value is -1.95. The fraction of sp³-hybridized carbons (Fsp3) is 0.632. The van der Waals surface area contributed by atoms with Gasteiger partial charge in [-0.05, 0) is 43.9 Å². The van der Waals surface area contributed by atoms with Gasteiger partial charge in [0, 0.05) is 31.9 Å². The Morgan fingerprint density at radius 1 is 1.36 bits per heavy atom. The molecule has 1 aliphatic rings. The second kappa shape index (κ2) is 9.51. The molecule has 0 saturated carbocycles. The van der Waals surface area contributed by atoms with Crippen LogP contribution in [-0.2, 0) is 16.0 Å². The first kappa shape index (κ1) is 19.4. The Morgan fingerprint density at radius 2 is 2.16 bits per heavy atom. The van der Waals surface area contributed by atoms with Crippen molar-refractivity contribution in [2.45, 2.75) is 51.6 Å². The smallest absolute Gasteiger partial charge is 0.237 e. The molecule has 1 aromatic rings. The summed E-state index contributed by atoms with van der Waals surface area (Å²) in [5.74, 6) is 0.420. The number of amides is 2. The zero-order valence-electron chi connectivity index (χ0n) is 15.5. The molecule has 2 rings (SSSR count). The molecule has 2 amide bonds. The van der Waals surface area contributed by atoms with Gasteiger partial charge in [-0.3, -0.25) is 19.5 Å². The van der Waals surface area contributed by atoms with Crippen molar-refractivity contribution in [3.05, 3.63) is 30.1 Å². The van der Waals surface area contributed by atoms with Crippen LogP contribution in [0.15, 0.2) is 24.4 Å². The van der Waals surface area contributed by atoms with Gasteiger partial charge in [0.15, 0.2) is 0 Å². The van der Waals surface area contributed by atoms with Crippen LogP contribution >= 0.6 is 0 Å². The standard InChI is InChI=1S/C19H30N4O2/c1-14(2)13-17(18(24)20-3)23-12-6-8-16(23)19(25)22-11-9-15-7-4-5-10-21-15/h4-5,7,10,14,16-17H,6,8-9,11-13H2,1-3H3,(H,20,24)(H,22,25)/t16-,17+/m0/s1. The first-order chi connectivity index (χ1) is 12.0. The van der Waals surface area contributed by atoms with Gasteiger partial charge >= 0.3 is 0 Å². The Morgan fingerprint density at radius 3 is 2.80 bits per heavy atom. The van der Waals surface area contributed by atoms with Crippen LogP contribution in [0.5, 0.6) is 0 Å². The maximum absolute atomic E-state index is 12.6. The van der Waals surface area contributed by atoms with Gasteiger partial charge in [-0.1, -0.05) is 19.9 Å². The van der Waals surface area contributed by atoms with E-state index < -0.39 is 0 Å². The Labute approximate surface area is 150 Å². The number of nitrogens with one attached hydrogen (secondary N) is 2. The molecule has 1 saturated heterocycles. The number of pyridine rings is 1. The van der Waals surface area contributed by atoms with Crippen LogP contribution in [0.4, 0.5) is 0 Å². The number of rotatable bonds is 8. The zero-order chi connectivity index (χ0) is 18.2. The van der Waals surface area contributed by atoms with Gasteiger partial charge in [-0.25, -0.2) is 0 Å². The maximum atomic E-state index is 12.6. The van der Waals surface area contributed by atoms with E-state index >= 15 is 0 Å². The number of hydrogen-bond acceptors (Lipinski definition) is 4. The molecule has 1 aromatic heterocycles. The van der Waals surface area contributed by atoms with Gasteiger partial charge in [-0.15, -0.1) is 0 Å². The molecule has 0 unspecified atom stereocenters. The van der Waals surface area contributed by atoms with Gasteiger partial charge in [0.25, 0.3) is 0 Å². The molecule has 2 heterocycles. The number of nitrogens with zero attached hydrogens (tertiary/aromatic N) is 2. The lowest BCUT2D eigenvalue weighted by Crippen LogP contribution is -2.53. The van der Waals surface area contributed by atoms with Crippen LogP contribution in [-0.4, -0.2) is 53.9 Å². The van der Waals surface area contributed by atoms with Crippen molar-refractivity contribution >= 4 is 11.8 Å². The van der Waals surface area contributed by atoms with Crippen LogP contribution in [0.1, 0.15) is 38.8 Å². The molecule has 0 spiro atoms. The Balaban J connectivity index is 1.93. The van der Waals surface area contributed by atoms with Crippen molar-refractivity contribution in [2.24, 2.45) is 5.92 Å². The summed E-state index contributed by atoms with van der Waals surface area (Å²) in [6.07, 6.45) is 4.99. The lowest BCUT2D eigenvalue weighted by atomic mass is 10.0. The zero-order valence-corrected chi connectivity index (χ0v) is 15.5. The highest BCUT2D eigenvalue weighted by Gasteiger charge is 2.38. The highest BCUT2D eigenvalue weighted by Crippen LogP contribution is 2.24. The second-order valence-electron chi connectivity index (χ2n) is 7.02. The molecule has 25 heavy (non-hydrogen) atoms. The molecular weight excluding hydrogens is 316 g/mol. The number of carbonyl (C=O) groups excluding carboxylic acids is 2. The van der Waals surface area contributed by atoms with E-state index in [1.165, 1.54) is 0 Å². The predicted octanol–water partition coefficient (Wildman–Crippen LogP) is 1.37. The summed E-state index contributed by atoms with van der Waals surface area (Å²) in [6, 6.07) is 5.33. The lowest BCUT2D eigenvalue weighted by Gasteiger charge is -2.32. The third-order valence-corrected chi connectivity index (χ3v) is 4.65. The first-order valence-corrected chi connectivity index (χ1v) is 9.18. The van der Waals surface area contributed by atoms with Crippen LogP contribution in [0, 0.1) is 5.92 Å². The van der Waals surface area contributed by atoms with E-state index in [1.54, 1.807) is 13.2 Å². The average molecular weight is 346 g/mol. The fourth-order valence-electron chi connectivity index (χ4n) is 3.43. The minimum absolute atomic E-state index is 0.00175. The normalized spacial score (nSPS) is 19.0. The first-order valence-electron chi connectivity index (χ1n) is 9.18. The van der Waals surface area contributed by atoms with Crippen molar-refractivity contribution in [2.75, 3.05) is 20.1 Å². The summed E-state index contributed by atoms with van der Waals surface area (Å²) >= 11 is 0. The highest BCUT2D eigenvalue weighted by molar-refractivity contribution is 5.85. The molecule has 138 valence electrons. The molecule has 2 atom stereocenters. The van der Waals surface area contributed by atoms with Crippen LogP contribution in [0.2, 0.25) is 0 Å². The van der Waals surface area contributed by atoms with E-state index in [9.17, 15) is 9.59 Å². The van der Waals surface area contributed by atoms with Crippen molar-refractivity contribution < 1.29 is 9.59 Å². The van der Waals surface area contributed by atoms with E-state index in [0.717, 1.165) is 31.5 Å². The van der Waals surface area contributed by atoms with Gasteiger partial charge in [0.2, 0.25) is 11.8 Å². The molecule has 1 fully saturated rings. The Kier molecular flexibility index (Phi) is 7.37. The number of likely N-dealkylation sites (tertiary alicyclic amines) is 1. The number of likely N-dealkylation sites (N-methyl/N-ethyl adjacent to an activating group) is 1. The molecule has 2 N–H and O–H groups in total. The van der Waals surface area contributed by atoms with E-state index in [2.05, 4.69) is 34.4 Å². The molecule has 6 nitrogen and oxygen atoms in total. The highest BCUT2D eigenvalue weighted by atomic mass is 16.2. The van der Waals surface area contributed by atoms with Crippen molar-refractivity contribution in [3.63, 3.8) is 0 Å². The Bertz CT molecular complexity index is 562. The quantitative estimate of drug-likeness (QED) is 0.745. The molecule has 6 heteroatoms. The largest absolute Gasteiger partial charge is 0.358 e. The van der Waals surface area contributed by atoms with Crippen molar-refractivity contribution in [1.29, 1.82) is 0 Å². The maximum Gasteiger partial charge on any atom is 0.237 e. The molecule has 0 aliphatic carbocycles. The number of hydrogen-bond donors (Lipinski definition) is 2. The fourth-order valence-corrected chi connectivity index (χ4v) is 3.43. The average Bonchev–Trinajstić information content (AvgIpc) is 3.09. The van der Waals surface area contributed by atoms with Crippen LogP contribution in [0.25, 0.3) is 0 Å². The summed E-state index contributed by atoms with van der Waals surface area (Å²) in [4.78, 5) is 31.3. The summed E-state index contributed by atoms with van der Waals surface area (Å²) in [5, 5.41) is 5.77. The molecule has 1 aliphatic heterocycles. The third-order valence-electron chi connectivity index (χ3n) is 4.65. The monoisotopic (exact) mass is 346 g/mol. The molecule has 0 aromatic carbocycles. The lowest BCUT2D eigenvalue weighted by molar-refractivity contribution is -0.131. The summed E-state index contributed by atoms with van der Waals surface area (Å²) in [5.41, 5.74) is 0.967. The SMILES string of the molecule is CNC(=O)[C@@H](CC(C)C)N1CCC[C@H]1C(=O)NCCc1ccccn1. The molecule has 0 bridgehead atoms. The third kappa shape index (κ3) is 5.53.